The van der Waals surface area contributed by atoms with Crippen molar-refractivity contribution < 1.29 is 14.4 Å². The van der Waals surface area contributed by atoms with Crippen LogP contribution in [0, 0.1) is 0 Å². The zero-order valence-corrected chi connectivity index (χ0v) is 21.8. The van der Waals surface area contributed by atoms with Crippen molar-refractivity contribution in [2.24, 2.45) is 0 Å². The monoisotopic (exact) mass is 500 g/mol. The molecular formula is C30H36N4O3. The largest absolute Gasteiger partial charge is 0.376 e. The SMILES string of the molecule is CCCN(CCC)C(=O)c1ccc(NC(=O)CNc2cccc(C(=O)NC(C)c3ccccc3)c2)cc1. The zero-order valence-electron chi connectivity index (χ0n) is 21.8. The van der Waals surface area contributed by atoms with Crippen LogP contribution in [0.5, 0.6) is 0 Å². The van der Waals surface area contributed by atoms with Crippen LogP contribution in [0.1, 0.15) is 65.9 Å². The first kappa shape index (κ1) is 27.5. The van der Waals surface area contributed by atoms with E-state index in [0.717, 1.165) is 31.5 Å². The maximum atomic E-state index is 12.7. The van der Waals surface area contributed by atoms with Gasteiger partial charge in [-0.05, 0) is 67.8 Å². The highest BCUT2D eigenvalue weighted by atomic mass is 16.2. The minimum Gasteiger partial charge on any atom is -0.376 e. The molecule has 0 radical (unpaired) electrons. The Morgan fingerprint density at radius 2 is 1.46 bits per heavy atom. The first-order valence-electron chi connectivity index (χ1n) is 12.8. The van der Waals surface area contributed by atoms with Crippen LogP contribution in [0.3, 0.4) is 0 Å². The van der Waals surface area contributed by atoms with Crippen molar-refractivity contribution in [3.05, 3.63) is 95.6 Å². The van der Waals surface area contributed by atoms with E-state index in [1.54, 1.807) is 42.5 Å². The van der Waals surface area contributed by atoms with Crippen molar-refractivity contribution in [1.29, 1.82) is 0 Å². The average Bonchev–Trinajstić information content (AvgIpc) is 2.92. The lowest BCUT2D eigenvalue weighted by molar-refractivity contribution is -0.114. The molecule has 1 unspecified atom stereocenters. The molecule has 194 valence electrons. The van der Waals surface area contributed by atoms with Crippen molar-refractivity contribution in [3.8, 4) is 0 Å². The molecule has 0 aliphatic heterocycles. The number of carbonyl (C=O) groups is 3. The molecule has 0 bridgehead atoms. The third kappa shape index (κ3) is 8.20. The smallest absolute Gasteiger partial charge is 0.253 e. The fourth-order valence-electron chi connectivity index (χ4n) is 4.00. The molecule has 0 aliphatic rings. The van der Waals surface area contributed by atoms with Gasteiger partial charge >= 0.3 is 0 Å². The Kier molecular flexibility index (Phi) is 10.3. The Labute approximate surface area is 219 Å². The molecule has 3 amide bonds. The maximum absolute atomic E-state index is 12.7. The minimum absolute atomic E-state index is 0.00493. The lowest BCUT2D eigenvalue weighted by atomic mass is 10.1. The third-order valence-electron chi connectivity index (χ3n) is 5.91. The predicted octanol–water partition coefficient (Wildman–Crippen LogP) is 5.49. The second-order valence-electron chi connectivity index (χ2n) is 8.96. The van der Waals surface area contributed by atoms with Gasteiger partial charge in [0.1, 0.15) is 0 Å². The molecule has 7 heteroatoms. The van der Waals surface area contributed by atoms with Crippen LogP contribution in [0.25, 0.3) is 0 Å². The van der Waals surface area contributed by atoms with Gasteiger partial charge in [-0.15, -0.1) is 0 Å². The van der Waals surface area contributed by atoms with E-state index in [1.165, 1.54) is 0 Å². The van der Waals surface area contributed by atoms with Gasteiger partial charge < -0.3 is 20.9 Å². The number of carbonyl (C=O) groups excluding carboxylic acids is 3. The summed E-state index contributed by atoms with van der Waals surface area (Å²) in [6, 6.07) is 23.6. The first-order chi connectivity index (χ1) is 17.9. The van der Waals surface area contributed by atoms with Crippen LogP contribution in [-0.2, 0) is 4.79 Å². The van der Waals surface area contributed by atoms with E-state index in [9.17, 15) is 14.4 Å². The van der Waals surface area contributed by atoms with E-state index in [2.05, 4.69) is 29.8 Å². The Bertz CT molecular complexity index is 1170. The number of benzene rings is 3. The zero-order chi connectivity index (χ0) is 26.6. The molecule has 3 N–H and O–H groups in total. The highest BCUT2D eigenvalue weighted by Gasteiger charge is 2.15. The number of amides is 3. The molecule has 0 saturated heterocycles. The summed E-state index contributed by atoms with van der Waals surface area (Å²) in [6.07, 6.45) is 1.82. The number of hydrogen-bond donors (Lipinski definition) is 3. The van der Waals surface area contributed by atoms with Crippen LogP contribution in [-0.4, -0.2) is 42.3 Å². The number of rotatable bonds is 12. The summed E-state index contributed by atoms with van der Waals surface area (Å²) >= 11 is 0. The van der Waals surface area contributed by atoms with Crippen molar-refractivity contribution in [2.45, 2.75) is 39.7 Å². The van der Waals surface area contributed by atoms with Gasteiger partial charge in [0.05, 0.1) is 12.6 Å². The van der Waals surface area contributed by atoms with Gasteiger partial charge in [0, 0.05) is 35.6 Å². The van der Waals surface area contributed by atoms with Crippen molar-refractivity contribution in [2.75, 3.05) is 30.3 Å². The van der Waals surface area contributed by atoms with Crippen LogP contribution >= 0.6 is 0 Å². The highest BCUT2D eigenvalue weighted by Crippen LogP contribution is 2.16. The van der Waals surface area contributed by atoms with Gasteiger partial charge in [-0.3, -0.25) is 14.4 Å². The summed E-state index contributed by atoms with van der Waals surface area (Å²) in [5, 5.41) is 8.90. The lowest BCUT2D eigenvalue weighted by Gasteiger charge is -2.21. The summed E-state index contributed by atoms with van der Waals surface area (Å²) in [6.45, 7) is 7.54. The molecule has 3 aromatic carbocycles. The Balaban J connectivity index is 1.52. The molecule has 0 spiro atoms. The molecule has 3 rings (SSSR count). The number of hydrogen-bond acceptors (Lipinski definition) is 4. The molecule has 0 heterocycles. The van der Waals surface area contributed by atoms with E-state index in [4.69, 9.17) is 0 Å². The van der Waals surface area contributed by atoms with Gasteiger partial charge in [0.2, 0.25) is 5.91 Å². The van der Waals surface area contributed by atoms with Crippen LogP contribution in [0.15, 0.2) is 78.9 Å². The second-order valence-corrected chi connectivity index (χ2v) is 8.96. The van der Waals surface area contributed by atoms with Gasteiger partial charge in [0.25, 0.3) is 11.8 Å². The molecule has 1 atom stereocenters. The number of nitrogens with zero attached hydrogens (tertiary/aromatic N) is 1. The van der Waals surface area contributed by atoms with E-state index < -0.39 is 0 Å². The van der Waals surface area contributed by atoms with Gasteiger partial charge in [-0.25, -0.2) is 0 Å². The number of nitrogens with one attached hydrogen (secondary N) is 3. The number of anilines is 2. The molecule has 7 nitrogen and oxygen atoms in total. The summed E-state index contributed by atoms with van der Waals surface area (Å²) < 4.78 is 0. The van der Waals surface area contributed by atoms with Crippen LogP contribution < -0.4 is 16.0 Å². The van der Waals surface area contributed by atoms with Gasteiger partial charge in [0.15, 0.2) is 0 Å². The molecular weight excluding hydrogens is 464 g/mol. The van der Waals surface area contributed by atoms with Gasteiger partial charge in [-0.2, -0.15) is 0 Å². The van der Waals surface area contributed by atoms with Crippen LogP contribution in [0.2, 0.25) is 0 Å². The van der Waals surface area contributed by atoms with Crippen molar-refractivity contribution in [1.82, 2.24) is 10.2 Å². The molecule has 0 aromatic heterocycles. The lowest BCUT2D eigenvalue weighted by Crippen LogP contribution is -2.32. The van der Waals surface area contributed by atoms with E-state index >= 15 is 0 Å². The Morgan fingerprint density at radius 3 is 2.11 bits per heavy atom. The fourth-order valence-corrected chi connectivity index (χ4v) is 4.00. The normalized spacial score (nSPS) is 11.3. The topological polar surface area (TPSA) is 90.5 Å². The first-order valence-corrected chi connectivity index (χ1v) is 12.8. The molecule has 0 saturated carbocycles. The van der Waals surface area contributed by atoms with E-state index in [1.807, 2.05) is 48.2 Å². The fraction of sp³-hybridized carbons (Fsp3) is 0.300. The van der Waals surface area contributed by atoms with E-state index in [-0.39, 0.29) is 30.3 Å². The molecule has 3 aromatic rings. The average molecular weight is 501 g/mol. The molecule has 37 heavy (non-hydrogen) atoms. The summed E-state index contributed by atoms with van der Waals surface area (Å²) in [5.74, 6) is -0.411. The predicted molar refractivity (Wildman–Crippen MR) is 149 cm³/mol. The molecule has 0 aliphatic carbocycles. The quantitative estimate of drug-likeness (QED) is 0.307. The summed E-state index contributed by atoms with van der Waals surface area (Å²) in [4.78, 5) is 39.8. The standard InChI is InChI=1S/C30H36N4O3/c1-4-18-34(19-5-2)30(37)24-14-16-26(17-15-24)33-28(35)21-31-27-13-9-12-25(20-27)29(36)32-22(3)23-10-7-6-8-11-23/h6-17,20,22,31H,4-5,18-19,21H2,1-3H3,(H,32,36)(H,33,35). The van der Waals surface area contributed by atoms with Crippen LogP contribution in [0.4, 0.5) is 11.4 Å². The second kappa shape index (κ2) is 13.8. The summed E-state index contributed by atoms with van der Waals surface area (Å²) in [7, 11) is 0. The summed E-state index contributed by atoms with van der Waals surface area (Å²) in [5.41, 5.74) is 3.42. The van der Waals surface area contributed by atoms with E-state index in [0.29, 0.717) is 22.5 Å². The van der Waals surface area contributed by atoms with Crippen molar-refractivity contribution >= 4 is 29.1 Å². The minimum atomic E-state index is -0.231. The molecule has 0 fully saturated rings. The Hall–Kier alpha value is -4.13. The van der Waals surface area contributed by atoms with Gasteiger partial charge in [-0.1, -0.05) is 50.2 Å². The maximum Gasteiger partial charge on any atom is 0.253 e. The van der Waals surface area contributed by atoms with Crippen molar-refractivity contribution in [3.63, 3.8) is 0 Å². The third-order valence-corrected chi connectivity index (χ3v) is 5.91. The Morgan fingerprint density at radius 1 is 0.784 bits per heavy atom. The highest BCUT2D eigenvalue weighted by molar-refractivity contribution is 5.97.